The number of carbonyl (C=O) groups excluding carboxylic acids is 1. The van der Waals surface area contributed by atoms with Crippen molar-refractivity contribution in [2.24, 2.45) is 11.8 Å². The fourth-order valence-electron chi connectivity index (χ4n) is 5.90. The Morgan fingerprint density at radius 1 is 1.06 bits per heavy atom. The van der Waals surface area contributed by atoms with Crippen molar-refractivity contribution >= 4 is 17.7 Å². The summed E-state index contributed by atoms with van der Waals surface area (Å²) >= 11 is 0. The average molecular weight is 470 g/mol. The van der Waals surface area contributed by atoms with Gasteiger partial charge in [-0.3, -0.25) is 14.5 Å². The predicted molar refractivity (Wildman–Crippen MR) is 139 cm³/mol. The van der Waals surface area contributed by atoms with Gasteiger partial charge >= 0.3 is 0 Å². The summed E-state index contributed by atoms with van der Waals surface area (Å²) in [6.07, 6.45) is 3.69. The SMILES string of the molecule is C/C=C\c1ccc2n(c1=O)C[C@H]1[C@H](CO)[C@@H](C(=O)Nc3ccc(-c4ccccc4)cc3)N(CC)[C@@H]21. The fourth-order valence-corrected chi connectivity index (χ4v) is 5.90. The number of pyridine rings is 1. The molecule has 35 heavy (non-hydrogen) atoms. The zero-order valence-corrected chi connectivity index (χ0v) is 20.1. The fraction of sp³-hybridized carbons (Fsp3) is 0.310. The molecule has 0 aliphatic carbocycles. The van der Waals surface area contributed by atoms with Crippen LogP contribution in [0.4, 0.5) is 5.69 Å². The lowest BCUT2D eigenvalue weighted by molar-refractivity contribution is -0.122. The quantitative estimate of drug-likeness (QED) is 0.568. The Bertz CT molecular complexity index is 1300. The minimum Gasteiger partial charge on any atom is -0.396 e. The van der Waals surface area contributed by atoms with Gasteiger partial charge in [-0.1, -0.05) is 61.5 Å². The van der Waals surface area contributed by atoms with Gasteiger partial charge < -0.3 is 15.0 Å². The third-order valence-corrected chi connectivity index (χ3v) is 7.46. The molecule has 0 bridgehead atoms. The molecule has 6 heteroatoms. The number of nitrogens with one attached hydrogen (secondary N) is 1. The number of likely N-dealkylation sites (N-methyl/N-ethyl adjacent to an activating group) is 1. The van der Waals surface area contributed by atoms with E-state index in [2.05, 4.69) is 22.3 Å². The standard InChI is InChI=1S/C29H31N3O3/c1-3-8-21-13-16-25-26-23(17-32(25)29(21)35)24(18-33)27(31(26)4-2)28(34)30-22-14-11-20(12-15-22)19-9-6-5-7-10-19/h3,5-16,23-24,26-27,33H,4,17-18H2,1-2H3,(H,30,34)/b8-3-/t23-,24-,26+,27-/m0/s1. The zero-order chi connectivity index (χ0) is 24.5. The number of allylic oxidation sites excluding steroid dienone is 1. The number of aliphatic hydroxyl groups is 1. The summed E-state index contributed by atoms with van der Waals surface area (Å²) < 4.78 is 1.83. The van der Waals surface area contributed by atoms with E-state index in [-0.39, 0.29) is 36.0 Å². The topological polar surface area (TPSA) is 74.6 Å². The number of nitrogens with zero attached hydrogens (tertiary/aromatic N) is 2. The van der Waals surface area contributed by atoms with Gasteiger partial charge in [0.25, 0.3) is 5.56 Å². The van der Waals surface area contributed by atoms with Crippen LogP contribution in [0.15, 0.2) is 77.6 Å². The van der Waals surface area contributed by atoms with E-state index in [0.29, 0.717) is 18.7 Å². The van der Waals surface area contributed by atoms with E-state index in [1.807, 2.05) is 85.2 Å². The highest BCUT2D eigenvalue weighted by atomic mass is 16.3. The second-order valence-corrected chi connectivity index (χ2v) is 9.29. The molecule has 0 saturated carbocycles. The van der Waals surface area contributed by atoms with E-state index in [0.717, 1.165) is 22.5 Å². The number of likely N-dealkylation sites (tertiary alicyclic amines) is 1. The van der Waals surface area contributed by atoms with Gasteiger partial charge in [0.1, 0.15) is 0 Å². The number of benzene rings is 2. The van der Waals surface area contributed by atoms with E-state index < -0.39 is 6.04 Å². The molecule has 0 radical (unpaired) electrons. The molecule has 3 heterocycles. The zero-order valence-electron chi connectivity index (χ0n) is 20.1. The molecule has 2 N–H and O–H groups in total. The van der Waals surface area contributed by atoms with E-state index >= 15 is 0 Å². The van der Waals surface area contributed by atoms with Gasteiger partial charge in [0.2, 0.25) is 5.91 Å². The Balaban J connectivity index is 1.40. The summed E-state index contributed by atoms with van der Waals surface area (Å²) in [6.45, 7) is 4.98. The van der Waals surface area contributed by atoms with E-state index in [1.165, 1.54) is 0 Å². The van der Waals surface area contributed by atoms with E-state index in [4.69, 9.17) is 0 Å². The molecular formula is C29H31N3O3. The second kappa shape index (κ2) is 9.64. The van der Waals surface area contributed by atoms with Gasteiger partial charge in [-0.15, -0.1) is 0 Å². The largest absolute Gasteiger partial charge is 0.396 e. The Morgan fingerprint density at radius 3 is 2.43 bits per heavy atom. The first-order chi connectivity index (χ1) is 17.1. The van der Waals surface area contributed by atoms with Crippen LogP contribution in [0.2, 0.25) is 0 Å². The molecule has 1 fully saturated rings. The third kappa shape index (κ3) is 4.03. The molecule has 2 aromatic carbocycles. The Labute approximate surface area is 205 Å². The van der Waals surface area contributed by atoms with Crippen molar-refractivity contribution in [2.45, 2.75) is 32.5 Å². The molecule has 4 atom stereocenters. The van der Waals surface area contributed by atoms with Crippen LogP contribution in [0.3, 0.4) is 0 Å². The molecule has 2 aliphatic heterocycles. The minimum atomic E-state index is -0.465. The van der Waals surface area contributed by atoms with Gasteiger partial charge in [-0.05, 0) is 48.9 Å². The van der Waals surface area contributed by atoms with Crippen molar-refractivity contribution in [3.63, 3.8) is 0 Å². The van der Waals surface area contributed by atoms with Crippen LogP contribution in [0, 0.1) is 11.8 Å². The van der Waals surface area contributed by atoms with Gasteiger partial charge in [0, 0.05) is 41.9 Å². The maximum absolute atomic E-state index is 13.5. The molecule has 1 amide bonds. The molecule has 0 spiro atoms. The highest BCUT2D eigenvalue weighted by Gasteiger charge is 2.55. The molecule has 1 aromatic heterocycles. The van der Waals surface area contributed by atoms with Gasteiger partial charge in [-0.25, -0.2) is 0 Å². The van der Waals surface area contributed by atoms with Crippen LogP contribution >= 0.6 is 0 Å². The summed E-state index contributed by atoms with van der Waals surface area (Å²) in [7, 11) is 0. The minimum absolute atomic E-state index is 0.00436. The number of aliphatic hydroxyl groups excluding tert-OH is 1. The summed E-state index contributed by atoms with van der Waals surface area (Å²) in [5, 5.41) is 13.4. The number of amides is 1. The van der Waals surface area contributed by atoms with Crippen LogP contribution in [0.1, 0.15) is 31.1 Å². The first-order valence-electron chi connectivity index (χ1n) is 12.3. The number of rotatable bonds is 6. The Kier molecular flexibility index (Phi) is 6.41. The summed E-state index contributed by atoms with van der Waals surface area (Å²) in [5.74, 6) is -0.370. The van der Waals surface area contributed by atoms with Crippen LogP contribution in [0.25, 0.3) is 17.2 Å². The van der Waals surface area contributed by atoms with Crippen molar-refractivity contribution in [3.05, 3.63) is 94.4 Å². The molecule has 0 unspecified atom stereocenters. The van der Waals surface area contributed by atoms with Crippen LogP contribution in [0.5, 0.6) is 0 Å². The van der Waals surface area contributed by atoms with E-state index in [1.54, 1.807) is 0 Å². The molecular weight excluding hydrogens is 438 g/mol. The number of anilines is 1. The summed E-state index contributed by atoms with van der Waals surface area (Å²) in [5.41, 5.74) is 4.51. The highest BCUT2D eigenvalue weighted by molar-refractivity contribution is 5.95. The average Bonchev–Trinajstić information content (AvgIpc) is 3.41. The lowest BCUT2D eigenvalue weighted by atomic mass is 9.88. The molecule has 3 aromatic rings. The van der Waals surface area contributed by atoms with Crippen molar-refractivity contribution in [3.8, 4) is 11.1 Å². The first kappa shape index (κ1) is 23.3. The number of hydrogen-bond donors (Lipinski definition) is 2. The van der Waals surface area contributed by atoms with E-state index in [9.17, 15) is 14.7 Å². The lowest BCUT2D eigenvalue weighted by Crippen LogP contribution is -2.45. The predicted octanol–water partition coefficient (Wildman–Crippen LogP) is 4.17. The number of fused-ring (bicyclic) bond motifs is 3. The number of carbonyl (C=O) groups is 1. The van der Waals surface area contributed by atoms with Crippen LogP contribution in [-0.2, 0) is 11.3 Å². The molecule has 2 aliphatic rings. The van der Waals surface area contributed by atoms with Crippen LogP contribution < -0.4 is 10.9 Å². The Hall–Kier alpha value is -3.48. The van der Waals surface area contributed by atoms with Crippen molar-refractivity contribution < 1.29 is 9.90 Å². The molecule has 1 saturated heterocycles. The molecule has 180 valence electrons. The molecule has 6 nitrogen and oxygen atoms in total. The lowest BCUT2D eigenvalue weighted by Gasteiger charge is -2.29. The van der Waals surface area contributed by atoms with Gasteiger partial charge in [-0.2, -0.15) is 0 Å². The smallest absolute Gasteiger partial charge is 0.258 e. The van der Waals surface area contributed by atoms with Crippen LogP contribution in [-0.4, -0.2) is 39.7 Å². The van der Waals surface area contributed by atoms with Crippen molar-refractivity contribution in [2.75, 3.05) is 18.5 Å². The second-order valence-electron chi connectivity index (χ2n) is 9.29. The van der Waals surface area contributed by atoms with Gasteiger partial charge in [0.05, 0.1) is 12.1 Å². The van der Waals surface area contributed by atoms with Crippen molar-refractivity contribution in [1.82, 2.24) is 9.47 Å². The Morgan fingerprint density at radius 2 is 1.77 bits per heavy atom. The normalized spacial score (nSPS) is 23.4. The first-order valence-corrected chi connectivity index (χ1v) is 12.3. The third-order valence-electron chi connectivity index (χ3n) is 7.46. The maximum Gasteiger partial charge on any atom is 0.258 e. The monoisotopic (exact) mass is 469 g/mol. The maximum atomic E-state index is 13.5. The van der Waals surface area contributed by atoms with Crippen molar-refractivity contribution in [1.29, 1.82) is 0 Å². The number of aromatic nitrogens is 1. The molecule has 5 rings (SSSR count). The number of hydrogen-bond acceptors (Lipinski definition) is 4. The summed E-state index contributed by atoms with van der Waals surface area (Å²) in [4.78, 5) is 28.7. The highest BCUT2D eigenvalue weighted by Crippen LogP contribution is 2.49. The summed E-state index contributed by atoms with van der Waals surface area (Å²) in [6, 6.07) is 21.3. The van der Waals surface area contributed by atoms with Gasteiger partial charge in [0.15, 0.2) is 0 Å².